The minimum absolute atomic E-state index is 0.171. The highest BCUT2D eigenvalue weighted by Crippen LogP contribution is 2.15. The van der Waals surface area contributed by atoms with Crippen molar-refractivity contribution in [1.82, 2.24) is 0 Å². The van der Waals surface area contributed by atoms with E-state index in [1.54, 1.807) is 12.1 Å². The first-order valence-corrected chi connectivity index (χ1v) is 7.60. The van der Waals surface area contributed by atoms with E-state index in [9.17, 15) is 13.2 Å². The van der Waals surface area contributed by atoms with Crippen LogP contribution in [-0.4, -0.2) is 26.6 Å². The molecule has 1 aromatic rings. The van der Waals surface area contributed by atoms with E-state index in [1.165, 1.54) is 12.1 Å². The maximum atomic E-state index is 11.7. The molecule has 1 unspecified atom stereocenters. The Hall–Kier alpha value is -1.40. The normalized spacial score (nSPS) is 13.1. The van der Waals surface area contributed by atoms with Gasteiger partial charge in [0.15, 0.2) is 9.84 Å². The summed E-state index contributed by atoms with van der Waals surface area (Å²) >= 11 is 0. The lowest BCUT2D eigenvalue weighted by Crippen LogP contribution is -2.35. The number of rotatable bonds is 5. The summed E-state index contributed by atoms with van der Waals surface area (Å²) in [4.78, 5) is 11.8. The zero-order valence-corrected chi connectivity index (χ0v) is 11.3. The van der Waals surface area contributed by atoms with E-state index >= 15 is 0 Å². The van der Waals surface area contributed by atoms with Crippen LogP contribution in [0.4, 0.5) is 5.69 Å². The maximum Gasteiger partial charge on any atom is 0.241 e. The molecule has 6 heteroatoms. The number of hydrogen-bond acceptors (Lipinski definition) is 4. The molecule has 0 bridgehead atoms. The molecular formula is C12H18N2O3S. The van der Waals surface area contributed by atoms with Gasteiger partial charge in [0, 0.05) is 11.9 Å². The zero-order valence-electron chi connectivity index (χ0n) is 10.5. The van der Waals surface area contributed by atoms with Crippen LogP contribution in [0.2, 0.25) is 0 Å². The van der Waals surface area contributed by atoms with E-state index in [0.717, 1.165) is 12.7 Å². The topological polar surface area (TPSA) is 89.3 Å². The monoisotopic (exact) mass is 270 g/mol. The fourth-order valence-electron chi connectivity index (χ4n) is 1.48. The second kappa shape index (κ2) is 5.97. The van der Waals surface area contributed by atoms with Crippen LogP contribution in [0.15, 0.2) is 29.2 Å². The van der Waals surface area contributed by atoms with Gasteiger partial charge in [-0.1, -0.05) is 19.4 Å². The third-order valence-corrected chi connectivity index (χ3v) is 3.58. The van der Waals surface area contributed by atoms with Gasteiger partial charge in [0.25, 0.3) is 0 Å². The smallest absolute Gasteiger partial charge is 0.241 e. The molecule has 1 aromatic carbocycles. The van der Waals surface area contributed by atoms with Crippen LogP contribution in [0.5, 0.6) is 0 Å². The molecule has 0 saturated carbocycles. The molecule has 0 spiro atoms. The first kappa shape index (κ1) is 14.7. The van der Waals surface area contributed by atoms with Crippen LogP contribution >= 0.6 is 0 Å². The standard InChI is InChI=1S/C12H18N2O3S/c1-3-5-11(13)12(15)14-9-6-4-7-10(8-9)18(2,16)17/h4,6-8,11H,3,5,13H2,1-2H3,(H,14,15). The Labute approximate surface area is 107 Å². The zero-order chi connectivity index (χ0) is 13.8. The molecular weight excluding hydrogens is 252 g/mol. The third kappa shape index (κ3) is 4.12. The van der Waals surface area contributed by atoms with Gasteiger partial charge in [-0.25, -0.2) is 8.42 Å². The molecule has 100 valence electrons. The molecule has 1 rings (SSSR count). The summed E-state index contributed by atoms with van der Waals surface area (Å²) in [6.07, 6.45) is 2.53. The lowest BCUT2D eigenvalue weighted by Gasteiger charge is -2.11. The molecule has 0 aliphatic carbocycles. The van der Waals surface area contributed by atoms with Crippen LogP contribution in [0.25, 0.3) is 0 Å². The summed E-state index contributed by atoms with van der Waals surface area (Å²) in [6.45, 7) is 1.94. The van der Waals surface area contributed by atoms with E-state index < -0.39 is 15.9 Å². The largest absolute Gasteiger partial charge is 0.325 e. The lowest BCUT2D eigenvalue weighted by atomic mass is 10.1. The molecule has 0 saturated heterocycles. The van der Waals surface area contributed by atoms with Crippen LogP contribution in [0.1, 0.15) is 19.8 Å². The molecule has 1 amide bonds. The van der Waals surface area contributed by atoms with Gasteiger partial charge in [-0.15, -0.1) is 0 Å². The average Bonchev–Trinajstić information content (AvgIpc) is 2.28. The first-order chi connectivity index (χ1) is 8.34. The Bertz CT molecular complexity index is 526. The quantitative estimate of drug-likeness (QED) is 0.840. The number of carbonyl (C=O) groups is 1. The van der Waals surface area contributed by atoms with Crippen molar-refractivity contribution in [2.75, 3.05) is 11.6 Å². The predicted molar refractivity (Wildman–Crippen MR) is 71.1 cm³/mol. The van der Waals surface area contributed by atoms with Gasteiger partial charge in [-0.05, 0) is 24.6 Å². The number of nitrogens with two attached hydrogens (primary N) is 1. The fraction of sp³-hybridized carbons (Fsp3) is 0.417. The Morgan fingerprint density at radius 2 is 2.11 bits per heavy atom. The molecule has 0 radical (unpaired) electrons. The highest BCUT2D eigenvalue weighted by molar-refractivity contribution is 7.90. The summed E-state index contributed by atoms with van der Waals surface area (Å²) in [5.74, 6) is -0.303. The van der Waals surface area contributed by atoms with Crippen LogP contribution in [0, 0.1) is 0 Å². The number of nitrogens with one attached hydrogen (secondary N) is 1. The van der Waals surface area contributed by atoms with Crippen molar-refractivity contribution >= 4 is 21.4 Å². The van der Waals surface area contributed by atoms with E-state index in [4.69, 9.17) is 5.73 Å². The van der Waals surface area contributed by atoms with Crippen LogP contribution in [0.3, 0.4) is 0 Å². The SMILES string of the molecule is CCCC(N)C(=O)Nc1cccc(S(C)(=O)=O)c1. The fourth-order valence-corrected chi connectivity index (χ4v) is 2.15. The van der Waals surface area contributed by atoms with E-state index in [-0.39, 0.29) is 10.8 Å². The molecule has 5 nitrogen and oxygen atoms in total. The summed E-state index contributed by atoms with van der Waals surface area (Å²) in [5.41, 5.74) is 6.11. The molecule has 0 fully saturated rings. The van der Waals surface area contributed by atoms with Gasteiger partial charge in [0.1, 0.15) is 0 Å². The molecule has 0 aliphatic heterocycles. The minimum atomic E-state index is -3.27. The van der Waals surface area contributed by atoms with Crippen molar-refractivity contribution in [3.8, 4) is 0 Å². The van der Waals surface area contributed by atoms with E-state index in [1.807, 2.05) is 6.92 Å². The number of benzene rings is 1. The molecule has 0 aromatic heterocycles. The molecule has 0 aliphatic rings. The first-order valence-electron chi connectivity index (χ1n) is 5.71. The Morgan fingerprint density at radius 3 is 2.67 bits per heavy atom. The van der Waals surface area contributed by atoms with Crippen molar-refractivity contribution in [1.29, 1.82) is 0 Å². The number of sulfone groups is 1. The lowest BCUT2D eigenvalue weighted by molar-refractivity contribution is -0.117. The van der Waals surface area contributed by atoms with Crippen LogP contribution < -0.4 is 11.1 Å². The van der Waals surface area contributed by atoms with Crippen LogP contribution in [-0.2, 0) is 14.6 Å². The predicted octanol–water partition coefficient (Wildman–Crippen LogP) is 1.16. The van der Waals surface area contributed by atoms with Crippen molar-refractivity contribution in [2.24, 2.45) is 5.73 Å². The minimum Gasteiger partial charge on any atom is -0.325 e. The third-order valence-electron chi connectivity index (χ3n) is 2.47. The van der Waals surface area contributed by atoms with Crippen molar-refractivity contribution in [3.63, 3.8) is 0 Å². The highest BCUT2D eigenvalue weighted by atomic mass is 32.2. The maximum absolute atomic E-state index is 11.7. The van der Waals surface area contributed by atoms with Crippen molar-refractivity contribution in [3.05, 3.63) is 24.3 Å². The molecule has 18 heavy (non-hydrogen) atoms. The second-order valence-corrected chi connectivity index (χ2v) is 6.20. The summed E-state index contributed by atoms with van der Waals surface area (Å²) in [6, 6.07) is 5.54. The van der Waals surface area contributed by atoms with Gasteiger partial charge < -0.3 is 11.1 Å². The Balaban J connectivity index is 2.83. The Kier molecular flexibility index (Phi) is 4.86. The van der Waals surface area contributed by atoms with E-state index in [2.05, 4.69) is 5.32 Å². The number of amides is 1. The summed E-state index contributed by atoms with van der Waals surface area (Å²) < 4.78 is 22.7. The van der Waals surface area contributed by atoms with Gasteiger partial charge >= 0.3 is 0 Å². The highest BCUT2D eigenvalue weighted by Gasteiger charge is 2.13. The van der Waals surface area contributed by atoms with Gasteiger partial charge in [-0.2, -0.15) is 0 Å². The van der Waals surface area contributed by atoms with Gasteiger partial charge in [-0.3, -0.25) is 4.79 Å². The number of carbonyl (C=O) groups excluding carboxylic acids is 1. The number of anilines is 1. The van der Waals surface area contributed by atoms with E-state index in [0.29, 0.717) is 12.1 Å². The molecule has 0 heterocycles. The number of hydrogen-bond donors (Lipinski definition) is 2. The second-order valence-electron chi connectivity index (χ2n) is 4.18. The van der Waals surface area contributed by atoms with Gasteiger partial charge in [0.2, 0.25) is 5.91 Å². The summed E-state index contributed by atoms with van der Waals surface area (Å²) in [7, 11) is -3.27. The average molecular weight is 270 g/mol. The Morgan fingerprint density at radius 1 is 1.44 bits per heavy atom. The van der Waals surface area contributed by atoms with Crippen molar-refractivity contribution < 1.29 is 13.2 Å². The summed E-state index contributed by atoms with van der Waals surface area (Å²) in [5, 5.41) is 2.61. The molecule has 3 N–H and O–H groups in total. The van der Waals surface area contributed by atoms with Gasteiger partial charge in [0.05, 0.1) is 10.9 Å². The van der Waals surface area contributed by atoms with Crippen molar-refractivity contribution in [2.45, 2.75) is 30.7 Å². The molecule has 1 atom stereocenters.